The Morgan fingerprint density at radius 1 is 0.898 bits per heavy atom. The quantitative estimate of drug-likeness (QED) is 0.100. The molecule has 0 bridgehead atoms. The second kappa shape index (κ2) is 12.6. The Morgan fingerprint density at radius 2 is 1.63 bits per heavy atom. The van der Waals surface area contributed by atoms with Crippen LogP contribution in [0, 0.1) is 24.2 Å². The Balaban J connectivity index is 1.49. The van der Waals surface area contributed by atoms with E-state index in [2.05, 4.69) is 168 Å². The number of nitrogens with zero attached hydrogens (tertiary/aromatic N) is 2. The maximum absolute atomic E-state index is 4.61. The second-order valence-electron chi connectivity index (χ2n) is 17.2. The van der Waals surface area contributed by atoms with Crippen molar-refractivity contribution in [1.29, 1.82) is 0 Å². The number of rotatable bonds is 8. The topological polar surface area (TPSA) is 7.76 Å². The third-order valence-electron chi connectivity index (χ3n) is 12.7. The molecular formula is C46H58N2Si+2. The molecule has 49 heavy (non-hydrogen) atoms. The zero-order valence-corrected chi connectivity index (χ0v) is 32.6. The summed E-state index contributed by atoms with van der Waals surface area (Å²) in [5.74, 6) is 1.60. The second-order valence-corrected chi connectivity index (χ2v) is 22.2. The highest BCUT2D eigenvalue weighted by Gasteiger charge is 2.56. The molecule has 3 aliphatic rings. The minimum atomic E-state index is -1.64. The van der Waals surface area contributed by atoms with Crippen LogP contribution in [-0.4, -0.2) is 8.07 Å². The zero-order valence-electron chi connectivity index (χ0n) is 31.6. The summed E-state index contributed by atoms with van der Waals surface area (Å²) in [6.07, 6.45) is 17.4. The summed E-state index contributed by atoms with van der Waals surface area (Å²) in [5, 5.41) is 1.57. The van der Waals surface area contributed by atoms with E-state index in [0.717, 1.165) is 0 Å². The number of hydrogen-bond acceptors (Lipinski definition) is 0. The lowest BCUT2D eigenvalue weighted by atomic mass is 9.56. The van der Waals surface area contributed by atoms with Gasteiger partial charge in [-0.25, -0.2) is 0 Å². The largest absolute Gasteiger partial charge is 0.213 e. The molecule has 0 saturated carbocycles. The molecule has 0 saturated heterocycles. The van der Waals surface area contributed by atoms with Gasteiger partial charge < -0.3 is 0 Å². The lowest BCUT2D eigenvalue weighted by molar-refractivity contribution is -0.762. The van der Waals surface area contributed by atoms with Gasteiger partial charge in [-0.3, -0.25) is 0 Å². The van der Waals surface area contributed by atoms with E-state index in [0.29, 0.717) is 17.8 Å². The first kappa shape index (κ1) is 33.9. The predicted octanol–water partition coefficient (Wildman–Crippen LogP) is 10.4. The van der Waals surface area contributed by atoms with Crippen LogP contribution in [0.15, 0.2) is 97.9 Å². The zero-order chi connectivity index (χ0) is 34.8. The summed E-state index contributed by atoms with van der Waals surface area (Å²) in [4.78, 5) is 0. The van der Waals surface area contributed by atoms with Crippen molar-refractivity contribution < 1.29 is 9.13 Å². The smallest absolute Gasteiger partial charge is 0.198 e. The average Bonchev–Trinajstić information content (AvgIpc) is 3.08. The molecular weight excluding hydrogens is 609 g/mol. The molecule has 4 aromatic rings. The standard InChI is InChI=1S/C46H58N2Si/c1-11-41-44(38-21-15-14-20-37(38)42-27-39(30(2)3)43(29-48(41)42)49(8,9)10)45(40-25-26-46(40,7)31(4)5)47-28-34(24-23-32(47)6)36-22-16-18-33-17-12-13-19-35(33)36/h11,14-16,18,20-31,40-41,44-45H,1,12-13,17,19H2,2-10H3/q+2. The van der Waals surface area contributed by atoms with E-state index < -0.39 is 8.07 Å². The third kappa shape index (κ3) is 5.61. The highest BCUT2D eigenvalue weighted by Crippen LogP contribution is 2.56. The van der Waals surface area contributed by atoms with Gasteiger partial charge in [-0.2, -0.15) is 9.13 Å². The molecule has 3 heteroatoms. The van der Waals surface area contributed by atoms with Crippen LogP contribution in [-0.2, 0) is 12.8 Å². The van der Waals surface area contributed by atoms with Crippen molar-refractivity contribution in [2.75, 3.05) is 0 Å². The summed E-state index contributed by atoms with van der Waals surface area (Å²) in [5.41, 5.74) is 13.0. The Bertz CT molecular complexity index is 1940. The fourth-order valence-electron chi connectivity index (χ4n) is 9.44. The van der Waals surface area contributed by atoms with Gasteiger partial charge in [-0.15, -0.1) is 0 Å². The van der Waals surface area contributed by atoms with Crippen LogP contribution in [0.3, 0.4) is 0 Å². The van der Waals surface area contributed by atoms with E-state index in [-0.39, 0.29) is 23.4 Å². The Hall–Kier alpha value is -3.56. The first-order chi connectivity index (χ1) is 23.3. The van der Waals surface area contributed by atoms with Gasteiger partial charge in [-0.1, -0.05) is 109 Å². The molecule has 0 radical (unpaired) electrons. The maximum Gasteiger partial charge on any atom is 0.213 e. The van der Waals surface area contributed by atoms with Crippen LogP contribution < -0.4 is 14.3 Å². The van der Waals surface area contributed by atoms with Gasteiger partial charge in [-0.05, 0) is 83.5 Å². The average molecular weight is 667 g/mol. The van der Waals surface area contributed by atoms with Gasteiger partial charge in [0.25, 0.3) is 0 Å². The van der Waals surface area contributed by atoms with Crippen LogP contribution in [0.4, 0.5) is 0 Å². The van der Waals surface area contributed by atoms with Gasteiger partial charge >= 0.3 is 0 Å². The number of benzene rings is 2. The number of allylic oxidation sites excluding steroid dienone is 3. The van der Waals surface area contributed by atoms with Gasteiger partial charge in [0.15, 0.2) is 30.2 Å². The number of aryl methyl sites for hydroxylation is 2. The fraction of sp³-hybridized carbons (Fsp3) is 0.435. The normalized spacial score (nSPS) is 23.4. The summed E-state index contributed by atoms with van der Waals surface area (Å²) in [7, 11) is -1.64. The van der Waals surface area contributed by atoms with E-state index >= 15 is 0 Å². The first-order valence-corrected chi connectivity index (χ1v) is 22.5. The molecule has 1 aliphatic heterocycles. The Labute approximate surface area is 297 Å². The Kier molecular flexibility index (Phi) is 8.75. The van der Waals surface area contributed by atoms with Crippen LogP contribution in [0.1, 0.15) is 99.3 Å². The van der Waals surface area contributed by atoms with Gasteiger partial charge in [0, 0.05) is 41.1 Å². The van der Waals surface area contributed by atoms with Crippen LogP contribution >= 0.6 is 0 Å². The molecule has 254 valence electrons. The van der Waals surface area contributed by atoms with Gasteiger partial charge in [0.05, 0.1) is 13.6 Å². The molecule has 7 rings (SSSR count). The maximum atomic E-state index is 4.61. The van der Waals surface area contributed by atoms with E-state index in [1.807, 2.05) is 0 Å². The molecule has 2 aliphatic carbocycles. The first-order valence-electron chi connectivity index (χ1n) is 19.0. The number of pyridine rings is 2. The van der Waals surface area contributed by atoms with Crippen molar-refractivity contribution in [3.63, 3.8) is 0 Å². The SMILES string of the molecule is C=CC1C(C(C2C=CC2(C)C(C)C)[n+]2cc(-c3cccc4c3CCCC4)ccc2C)c2ccccc2-c2cc(C(C)C)c([Si](C)(C)C)c[n+]21. The molecule has 0 spiro atoms. The number of fused-ring (bicyclic) bond motifs is 4. The predicted molar refractivity (Wildman–Crippen MR) is 209 cm³/mol. The van der Waals surface area contributed by atoms with E-state index in [4.69, 9.17) is 0 Å². The van der Waals surface area contributed by atoms with E-state index in [9.17, 15) is 0 Å². The number of hydrogen-bond donors (Lipinski definition) is 0. The molecule has 5 atom stereocenters. The lowest BCUT2D eigenvalue weighted by Crippen LogP contribution is -2.60. The molecule has 0 fully saturated rings. The van der Waals surface area contributed by atoms with E-state index in [1.54, 1.807) is 16.3 Å². The molecule has 0 N–H and O–H groups in total. The lowest BCUT2D eigenvalue weighted by Gasteiger charge is -2.48. The van der Waals surface area contributed by atoms with Crippen molar-refractivity contribution in [2.24, 2.45) is 17.3 Å². The highest BCUT2D eigenvalue weighted by molar-refractivity contribution is 6.89. The van der Waals surface area contributed by atoms with Crippen LogP contribution in [0.25, 0.3) is 22.4 Å². The molecule has 2 aromatic heterocycles. The van der Waals surface area contributed by atoms with E-state index in [1.165, 1.54) is 64.9 Å². The summed E-state index contributed by atoms with van der Waals surface area (Å²) < 4.78 is 5.33. The van der Waals surface area contributed by atoms with Gasteiger partial charge in [0.1, 0.15) is 5.92 Å². The van der Waals surface area contributed by atoms with Gasteiger partial charge in [0.2, 0.25) is 5.69 Å². The van der Waals surface area contributed by atoms with Crippen molar-refractivity contribution in [3.05, 3.63) is 126 Å². The molecule has 3 heterocycles. The van der Waals surface area contributed by atoms with Crippen molar-refractivity contribution in [2.45, 2.75) is 111 Å². The van der Waals surface area contributed by atoms with Crippen LogP contribution in [0.2, 0.25) is 19.6 Å². The monoisotopic (exact) mass is 666 g/mol. The molecule has 5 unspecified atom stereocenters. The molecule has 0 amide bonds. The Morgan fingerprint density at radius 3 is 2.31 bits per heavy atom. The minimum absolute atomic E-state index is 0.0998. The number of aromatic nitrogens is 2. The van der Waals surface area contributed by atoms with Crippen molar-refractivity contribution >= 4 is 13.3 Å². The molecule has 2 nitrogen and oxygen atoms in total. The third-order valence-corrected chi connectivity index (χ3v) is 14.7. The fourth-order valence-corrected chi connectivity index (χ4v) is 11.2. The van der Waals surface area contributed by atoms with Crippen LogP contribution in [0.5, 0.6) is 0 Å². The summed E-state index contributed by atoms with van der Waals surface area (Å²) in [6, 6.07) is 24.0. The summed E-state index contributed by atoms with van der Waals surface area (Å²) >= 11 is 0. The highest BCUT2D eigenvalue weighted by atomic mass is 28.3. The molecule has 2 aromatic carbocycles. The van der Waals surface area contributed by atoms with Crippen molar-refractivity contribution in [3.8, 4) is 22.4 Å². The van der Waals surface area contributed by atoms with Crippen molar-refractivity contribution in [1.82, 2.24) is 0 Å². The minimum Gasteiger partial charge on any atom is -0.198 e. The summed E-state index contributed by atoms with van der Waals surface area (Å²) in [6.45, 7) is 26.5.